The first-order chi connectivity index (χ1) is 10.2. The average molecular weight is 321 g/mol. The third-order valence-corrected chi connectivity index (χ3v) is 6.02. The highest BCUT2D eigenvalue weighted by Gasteiger charge is 2.26. The van der Waals surface area contributed by atoms with Crippen LogP contribution in [0.5, 0.6) is 0 Å². The van der Waals surface area contributed by atoms with Crippen molar-refractivity contribution in [3.63, 3.8) is 0 Å². The summed E-state index contributed by atoms with van der Waals surface area (Å²) in [4.78, 5) is 21.2. The molecule has 3 rings (SSSR count). The van der Waals surface area contributed by atoms with Crippen molar-refractivity contribution in [3.05, 3.63) is 28.1 Å². The topological polar surface area (TPSA) is 45.2 Å². The van der Waals surface area contributed by atoms with Crippen LogP contribution in [0.25, 0.3) is 9.88 Å². The van der Waals surface area contributed by atoms with E-state index in [4.69, 9.17) is 0 Å². The van der Waals surface area contributed by atoms with Crippen LogP contribution in [0.2, 0.25) is 0 Å². The van der Waals surface area contributed by atoms with E-state index in [0.29, 0.717) is 6.04 Å². The molecular formula is C15H19N3OS2. The Morgan fingerprint density at radius 3 is 3.10 bits per heavy atom. The molecule has 1 amide bonds. The zero-order valence-electron chi connectivity index (χ0n) is 12.3. The van der Waals surface area contributed by atoms with Gasteiger partial charge < -0.3 is 10.2 Å². The van der Waals surface area contributed by atoms with Gasteiger partial charge in [-0.25, -0.2) is 4.98 Å². The van der Waals surface area contributed by atoms with Crippen molar-refractivity contribution in [2.75, 3.05) is 20.1 Å². The summed E-state index contributed by atoms with van der Waals surface area (Å²) < 4.78 is 0. The molecule has 2 aromatic rings. The Balaban J connectivity index is 1.81. The highest BCUT2D eigenvalue weighted by molar-refractivity contribution is 7.22. The Hall–Kier alpha value is -1.24. The molecule has 0 bridgehead atoms. The lowest BCUT2D eigenvalue weighted by Crippen LogP contribution is -2.46. The van der Waals surface area contributed by atoms with Crippen LogP contribution in [0.3, 0.4) is 0 Å². The number of nitrogens with one attached hydrogen (secondary N) is 1. The Morgan fingerprint density at radius 2 is 2.38 bits per heavy atom. The number of aryl methyl sites for hydroxylation is 1. The first-order valence-corrected chi connectivity index (χ1v) is 8.86. The van der Waals surface area contributed by atoms with Gasteiger partial charge in [0.15, 0.2) is 0 Å². The predicted molar refractivity (Wildman–Crippen MR) is 88.1 cm³/mol. The number of hydrogen-bond acceptors (Lipinski definition) is 5. The van der Waals surface area contributed by atoms with Gasteiger partial charge in [0.1, 0.15) is 9.88 Å². The smallest absolute Gasteiger partial charge is 0.265 e. The van der Waals surface area contributed by atoms with Gasteiger partial charge in [0, 0.05) is 19.1 Å². The van der Waals surface area contributed by atoms with E-state index in [9.17, 15) is 4.79 Å². The maximum Gasteiger partial charge on any atom is 0.265 e. The molecule has 1 saturated heterocycles. The van der Waals surface area contributed by atoms with Crippen molar-refractivity contribution in [1.82, 2.24) is 15.2 Å². The molecule has 1 aliphatic heterocycles. The lowest BCUT2D eigenvalue weighted by molar-refractivity contribution is 0.0702. The molecule has 1 atom stereocenters. The molecule has 1 unspecified atom stereocenters. The third-order valence-electron chi connectivity index (χ3n) is 3.84. The highest BCUT2D eigenvalue weighted by Crippen LogP contribution is 2.32. The number of carbonyl (C=O) groups excluding carboxylic acids is 1. The number of aromatic nitrogens is 1. The molecule has 21 heavy (non-hydrogen) atoms. The summed E-state index contributed by atoms with van der Waals surface area (Å²) in [6.07, 6.45) is 2.20. The van der Waals surface area contributed by atoms with Crippen molar-refractivity contribution in [1.29, 1.82) is 0 Å². The van der Waals surface area contributed by atoms with Crippen molar-refractivity contribution in [3.8, 4) is 9.88 Å². The van der Waals surface area contributed by atoms with E-state index >= 15 is 0 Å². The molecule has 0 spiro atoms. The van der Waals surface area contributed by atoms with Gasteiger partial charge in [-0.2, -0.15) is 0 Å². The molecule has 0 aliphatic carbocycles. The molecule has 2 aromatic heterocycles. The van der Waals surface area contributed by atoms with Crippen LogP contribution in [-0.4, -0.2) is 42.0 Å². The number of likely N-dealkylation sites (tertiary alicyclic amines) is 1. The van der Waals surface area contributed by atoms with Crippen LogP contribution < -0.4 is 5.32 Å². The zero-order chi connectivity index (χ0) is 14.8. The second kappa shape index (κ2) is 6.25. The fraction of sp³-hybridized carbons (Fsp3) is 0.467. The van der Waals surface area contributed by atoms with Crippen LogP contribution in [0.4, 0.5) is 0 Å². The minimum atomic E-state index is 0.132. The van der Waals surface area contributed by atoms with Crippen LogP contribution in [0, 0.1) is 6.92 Å². The van der Waals surface area contributed by atoms with E-state index in [1.165, 1.54) is 11.3 Å². The van der Waals surface area contributed by atoms with Crippen LogP contribution in [-0.2, 0) is 0 Å². The number of thiophene rings is 1. The highest BCUT2D eigenvalue weighted by atomic mass is 32.1. The lowest BCUT2D eigenvalue weighted by Gasteiger charge is -2.32. The molecule has 3 heterocycles. The molecule has 1 N–H and O–H groups in total. The summed E-state index contributed by atoms with van der Waals surface area (Å²) in [5.41, 5.74) is 0.847. The van der Waals surface area contributed by atoms with Gasteiger partial charge in [-0.05, 0) is 38.3 Å². The summed E-state index contributed by atoms with van der Waals surface area (Å²) in [5.74, 6) is 0.132. The first-order valence-electron chi connectivity index (χ1n) is 7.17. The number of amides is 1. The van der Waals surface area contributed by atoms with Crippen LogP contribution in [0.15, 0.2) is 17.5 Å². The van der Waals surface area contributed by atoms with Crippen molar-refractivity contribution < 1.29 is 4.79 Å². The minimum Gasteiger partial charge on any atom is -0.336 e. The van der Waals surface area contributed by atoms with Gasteiger partial charge >= 0.3 is 0 Å². The second-order valence-electron chi connectivity index (χ2n) is 5.29. The number of thiazole rings is 1. The minimum absolute atomic E-state index is 0.132. The maximum absolute atomic E-state index is 12.7. The summed E-state index contributed by atoms with van der Waals surface area (Å²) in [6, 6.07) is 4.47. The standard InChI is InChI=1S/C15H19N3OS2/c1-10-13(21-14(17-10)12-6-4-8-20-12)15(19)18-7-3-5-11(9-18)16-2/h4,6,8,11,16H,3,5,7,9H2,1-2H3. The second-order valence-corrected chi connectivity index (χ2v) is 7.24. The summed E-state index contributed by atoms with van der Waals surface area (Å²) in [7, 11) is 1.96. The third kappa shape index (κ3) is 3.02. The monoisotopic (exact) mass is 321 g/mol. The van der Waals surface area contributed by atoms with Crippen molar-refractivity contribution >= 4 is 28.6 Å². The van der Waals surface area contributed by atoms with Crippen LogP contribution in [0.1, 0.15) is 28.2 Å². The SMILES string of the molecule is CNC1CCCN(C(=O)c2sc(-c3cccs3)nc2C)C1. The van der Waals surface area contributed by atoms with Crippen molar-refractivity contribution in [2.45, 2.75) is 25.8 Å². The molecule has 0 saturated carbocycles. The summed E-state index contributed by atoms with van der Waals surface area (Å²) in [5, 5.41) is 6.27. The Labute approximate surface area is 132 Å². The first kappa shape index (κ1) is 14.7. The molecule has 0 aromatic carbocycles. The van der Waals surface area contributed by atoms with Gasteiger partial charge in [-0.1, -0.05) is 6.07 Å². The van der Waals surface area contributed by atoms with Gasteiger partial charge in [0.2, 0.25) is 0 Å². The zero-order valence-corrected chi connectivity index (χ0v) is 13.9. The van der Waals surface area contributed by atoms with Gasteiger partial charge in [-0.15, -0.1) is 22.7 Å². The van der Waals surface area contributed by atoms with E-state index in [2.05, 4.69) is 16.4 Å². The molecule has 112 valence electrons. The van der Waals surface area contributed by atoms with Gasteiger partial charge in [-0.3, -0.25) is 4.79 Å². The van der Waals surface area contributed by atoms with Gasteiger partial charge in [0.25, 0.3) is 5.91 Å². The van der Waals surface area contributed by atoms with Crippen molar-refractivity contribution in [2.24, 2.45) is 0 Å². The van der Waals surface area contributed by atoms with E-state index in [0.717, 1.165) is 46.4 Å². The Kier molecular flexibility index (Phi) is 4.37. The maximum atomic E-state index is 12.7. The number of rotatable bonds is 3. The number of likely N-dealkylation sites (N-methyl/N-ethyl adjacent to an activating group) is 1. The predicted octanol–water partition coefficient (Wildman–Crippen LogP) is 3.00. The normalized spacial score (nSPS) is 19.0. The fourth-order valence-electron chi connectivity index (χ4n) is 2.64. The van der Waals surface area contributed by atoms with E-state index in [-0.39, 0.29) is 5.91 Å². The van der Waals surface area contributed by atoms with E-state index in [1.807, 2.05) is 30.3 Å². The van der Waals surface area contributed by atoms with Crippen LogP contribution >= 0.6 is 22.7 Å². The molecule has 4 nitrogen and oxygen atoms in total. The average Bonchev–Trinajstić information content (AvgIpc) is 3.16. The van der Waals surface area contributed by atoms with Gasteiger partial charge in [0.05, 0.1) is 10.6 Å². The largest absolute Gasteiger partial charge is 0.336 e. The Morgan fingerprint density at radius 1 is 1.52 bits per heavy atom. The van der Waals surface area contributed by atoms with E-state index in [1.54, 1.807) is 11.3 Å². The molecule has 1 aliphatic rings. The number of carbonyl (C=O) groups is 1. The van der Waals surface area contributed by atoms with E-state index < -0.39 is 0 Å². The summed E-state index contributed by atoms with van der Waals surface area (Å²) >= 11 is 3.18. The summed E-state index contributed by atoms with van der Waals surface area (Å²) in [6.45, 7) is 3.57. The number of piperidine rings is 1. The Bertz CT molecular complexity index is 621. The molecular weight excluding hydrogens is 302 g/mol. The molecule has 1 fully saturated rings. The number of hydrogen-bond donors (Lipinski definition) is 1. The molecule has 0 radical (unpaired) electrons. The molecule has 6 heteroatoms. The quantitative estimate of drug-likeness (QED) is 0.945. The fourth-order valence-corrected chi connectivity index (χ4v) is 4.47. The lowest BCUT2D eigenvalue weighted by atomic mass is 10.1. The number of nitrogens with zero attached hydrogens (tertiary/aromatic N) is 2.